The van der Waals surface area contributed by atoms with E-state index in [4.69, 9.17) is 14.2 Å². The summed E-state index contributed by atoms with van der Waals surface area (Å²) in [6.45, 7) is 6.01. The Bertz CT molecular complexity index is 1070. The van der Waals surface area contributed by atoms with Crippen LogP contribution in [0.25, 0.3) is 10.9 Å². The first-order valence-electron chi connectivity index (χ1n) is 12.3. The van der Waals surface area contributed by atoms with Gasteiger partial charge in [-0.2, -0.15) is 0 Å². The average molecular weight is 469 g/mol. The lowest BCUT2D eigenvalue weighted by Gasteiger charge is -2.47. The van der Waals surface area contributed by atoms with E-state index in [0.29, 0.717) is 13.0 Å². The number of nitrogens with zero attached hydrogens (tertiary/aromatic N) is 2. The number of carbonyl (C=O) groups excluding carboxylic acids is 2. The molecule has 2 bridgehead atoms. The first kappa shape index (κ1) is 24.3. The van der Waals surface area contributed by atoms with Crippen molar-refractivity contribution in [3.8, 4) is 0 Å². The molecule has 0 aliphatic carbocycles. The van der Waals surface area contributed by atoms with Crippen LogP contribution in [0.1, 0.15) is 62.9 Å². The Morgan fingerprint density at radius 1 is 1.18 bits per heavy atom. The van der Waals surface area contributed by atoms with Gasteiger partial charge in [0.25, 0.3) is 0 Å². The highest BCUT2D eigenvalue weighted by atomic mass is 16.5. The molecule has 7 heteroatoms. The Morgan fingerprint density at radius 2 is 1.97 bits per heavy atom. The summed E-state index contributed by atoms with van der Waals surface area (Å²) in [6.07, 6.45) is 7.47. The topological polar surface area (TPSA) is 70.0 Å². The smallest absolute Gasteiger partial charge is 0.331 e. The summed E-state index contributed by atoms with van der Waals surface area (Å²) in [5, 5.41) is 1.15. The molecule has 184 valence electrons. The molecule has 3 heterocycles. The zero-order valence-electron chi connectivity index (χ0n) is 20.7. The Kier molecular flexibility index (Phi) is 7.31. The molecule has 0 amide bonds. The second-order valence-corrected chi connectivity index (χ2v) is 9.28. The van der Waals surface area contributed by atoms with Crippen LogP contribution in [0.3, 0.4) is 0 Å². The van der Waals surface area contributed by atoms with Gasteiger partial charge in [0, 0.05) is 48.8 Å². The second kappa shape index (κ2) is 10.2. The molecule has 1 aromatic heterocycles. The number of ether oxygens (including phenoxy) is 3. The van der Waals surface area contributed by atoms with Crippen molar-refractivity contribution >= 4 is 22.8 Å². The van der Waals surface area contributed by atoms with Crippen molar-refractivity contribution in [3.63, 3.8) is 0 Å². The van der Waals surface area contributed by atoms with Gasteiger partial charge in [-0.15, -0.1) is 0 Å². The Morgan fingerprint density at radius 3 is 2.68 bits per heavy atom. The maximum Gasteiger partial charge on any atom is 0.331 e. The Balaban J connectivity index is 1.89. The minimum atomic E-state index is -0.366. The van der Waals surface area contributed by atoms with Gasteiger partial charge in [-0.25, -0.2) is 9.59 Å². The lowest BCUT2D eigenvalue weighted by Crippen LogP contribution is -2.43. The lowest BCUT2D eigenvalue weighted by atomic mass is 9.67. The van der Waals surface area contributed by atoms with E-state index in [-0.39, 0.29) is 29.5 Å². The number of fused-ring (bicyclic) bond motifs is 4. The van der Waals surface area contributed by atoms with Gasteiger partial charge in [0.2, 0.25) is 0 Å². The quantitative estimate of drug-likeness (QED) is 0.457. The number of hydrogen-bond donors (Lipinski definition) is 0. The molecule has 0 spiro atoms. The van der Waals surface area contributed by atoms with Crippen LogP contribution in [0.2, 0.25) is 0 Å². The van der Waals surface area contributed by atoms with E-state index in [9.17, 15) is 9.59 Å². The van der Waals surface area contributed by atoms with Gasteiger partial charge in [-0.05, 0) is 50.7 Å². The largest absolute Gasteiger partial charge is 0.466 e. The third kappa shape index (κ3) is 4.22. The molecule has 0 N–H and O–H groups in total. The number of aromatic nitrogens is 1. The standard InChI is InChI=1S/C27H36N2O5/c1-5-27-14-9-15-28(17-13-23(30)32-3)16-12-20-19-10-7-8-11-21(19)29(24(20)25(27)33-4)22(18-27)26(31)34-6-2/h7-8,10-11,13,17,22,25H,5-6,9,12,14-16,18H2,1-4H3/b17-13+. The molecular formula is C27H36N2O5. The number of rotatable bonds is 6. The summed E-state index contributed by atoms with van der Waals surface area (Å²) in [5.41, 5.74) is 3.19. The van der Waals surface area contributed by atoms with E-state index < -0.39 is 0 Å². The number of carbonyl (C=O) groups is 2. The molecule has 0 saturated carbocycles. The van der Waals surface area contributed by atoms with Crippen LogP contribution >= 0.6 is 0 Å². The molecule has 3 atom stereocenters. The highest BCUT2D eigenvalue weighted by molar-refractivity contribution is 5.89. The highest BCUT2D eigenvalue weighted by Crippen LogP contribution is 2.56. The van der Waals surface area contributed by atoms with Gasteiger partial charge < -0.3 is 23.7 Å². The third-order valence-electron chi connectivity index (χ3n) is 7.66. The van der Waals surface area contributed by atoms with Crippen LogP contribution in [0.4, 0.5) is 0 Å². The molecule has 3 unspecified atom stereocenters. The molecule has 1 aromatic carbocycles. The molecule has 0 fully saturated rings. The van der Waals surface area contributed by atoms with Gasteiger partial charge >= 0.3 is 11.9 Å². The fraction of sp³-hybridized carbons (Fsp3) is 0.556. The maximum absolute atomic E-state index is 13.3. The van der Waals surface area contributed by atoms with Crippen LogP contribution in [-0.4, -0.2) is 55.3 Å². The summed E-state index contributed by atoms with van der Waals surface area (Å²) < 4.78 is 18.8. The normalized spacial score (nSPS) is 24.9. The van der Waals surface area contributed by atoms with Crippen molar-refractivity contribution in [2.24, 2.45) is 5.41 Å². The van der Waals surface area contributed by atoms with E-state index >= 15 is 0 Å². The van der Waals surface area contributed by atoms with Gasteiger partial charge in [0.1, 0.15) is 12.1 Å². The molecule has 7 nitrogen and oxygen atoms in total. The molecule has 2 aromatic rings. The van der Waals surface area contributed by atoms with Crippen molar-refractivity contribution in [1.82, 2.24) is 9.47 Å². The first-order chi connectivity index (χ1) is 16.5. The third-order valence-corrected chi connectivity index (χ3v) is 7.66. The molecule has 4 rings (SSSR count). The van der Waals surface area contributed by atoms with Crippen LogP contribution in [0, 0.1) is 5.41 Å². The highest BCUT2D eigenvalue weighted by Gasteiger charge is 2.50. The zero-order valence-corrected chi connectivity index (χ0v) is 20.7. The summed E-state index contributed by atoms with van der Waals surface area (Å²) in [4.78, 5) is 27.2. The lowest BCUT2D eigenvalue weighted by molar-refractivity contribution is -0.152. The van der Waals surface area contributed by atoms with Crippen molar-refractivity contribution < 1.29 is 23.8 Å². The summed E-state index contributed by atoms with van der Waals surface area (Å²) in [6, 6.07) is 7.93. The maximum atomic E-state index is 13.3. The molecule has 0 radical (unpaired) electrons. The average Bonchev–Trinajstić information content (AvgIpc) is 3.18. The molecule has 0 saturated heterocycles. The number of benzene rings is 1. The van der Waals surface area contributed by atoms with Crippen molar-refractivity contribution in [2.45, 2.75) is 58.1 Å². The molecular weight excluding hydrogens is 432 g/mol. The first-order valence-corrected chi connectivity index (χ1v) is 12.3. The van der Waals surface area contributed by atoms with Crippen LogP contribution in [-0.2, 0) is 30.2 Å². The predicted octanol–water partition coefficient (Wildman–Crippen LogP) is 4.56. The summed E-state index contributed by atoms with van der Waals surface area (Å²) in [5.74, 6) is -0.515. The van der Waals surface area contributed by atoms with E-state index in [1.807, 2.05) is 25.3 Å². The fourth-order valence-corrected chi connectivity index (χ4v) is 6.02. The van der Waals surface area contributed by atoms with Crippen molar-refractivity contribution in [1.29, 1.82) is 0 Å². The monoisotopic (exact) mass is 468 g/mol. The number of hydrogen-bond acceptors (Lipinski definition) is 6. The van der Waals surface area contributed by atoms with Gasteiger partial charge in [-0.1, -0.05) is 25.1 Å². The Labute approximate surface area is 201 Å². The zero-order chi connectivity index (χ0) is 24.3. The summed E-state index contributed by atoms with van der Waals surface area (Å²) >= 11 is 0. The van der Waals surface area contributed by atoms with Crippen LogP contribution < -0.4 is 0 Å². The van der Waals surface area contributed by atoms with Gasteiger partial charge in [-0.3, -0.25) is 0 Å². The number of esters is 2. The Hall–Kier alpha value is -2.80. The van der Waals surface area contributed by atoms with Crippen molar-refractivity contribution in [3.05, 3.63) is 47.8 Å². The van der Waals surface area contributed by atoms with Crippen molar-refractivity contribution in [2.75, 3.05) is 33.9 Å². The number of para-hydroxylation sites is 1. The summed E-state index contributed by atoms with van der Waals surface area (Å²) in [7, 11) is 3.19. The minimum Gasteiger partial charge on any atom is -0.466 e. The van der Waals surface area contributed by atoms with E-state index in [2.05, 4.69) is 28.5 Å². The van der Waals surface area contributed by atoms with E-state index in [1.54, 1.807) is 7.11 Å². The van der Waals surface area contributed by atoms with E-state index in [1.165, 1.54) is 18.7 Å². The molecule has 2 aliphatic rings. The minimum absolute atomic E-state index is 0.0947. The second-order valence-electron chi connectivity index (χ2n) is 9.28. The molecule has 2 aliphatic heterocycles. The number of methoxy groups -OCH3 is 2. The predicted molar refractivity (Wildman–Crippen MR) is 130 cm³/mol. The van der Waals surface area contributed by atoms with Crippen LogP contribution in [0.5, 0.6) is 0 Å². The SMILES string of the molecule is CCOC(=O)C1CC2(CC)CCCN(/C=C/C(=O)OC)CCc3c(n1c1ccccc31)C2OC. The van der Waals surface area contributed by atoms with Crippen LogP contribution in [0.15, 0.2) is 36.5 Å². The fourth-order valence-electron chi connectivity index (χ4n) is 6.02. The van der Waals surface area contributed by atoms with Gasteiger partial charge in [0.05, 0.1) is 19.4 Å². The van der Waals surface area contributed by atoms with E-state index in [0.717, 1.165) is 55.4 Å². The molecule has 34 heavy (non-hydrogen) atoms. The van der Waals surface area contributed by atoms with Gasteiger partial charge in [0.15, 0.2) is 0 Å².